The lowest BCUT2D eigenvalue weighted by atomic mass is 9.82. The van der Waals surface area contributed by atoms with E-state index in [0.717, 1.165) is 19.0 Å². The smallest absolute Gasteiger partial charge is 0.313 e. The fourth-order valence-corrected chi connectivity index (χ4v) is 3.39. The summed E-state index contributed by atoms with van der Waals surface area (Å²) in [5, 5.41) is 17.7. The molecule has 2 heterocycles. The lowest BCUT2D eigenvalue weighted by molar-refractivity contribution is -0.133. The van der Waals surface area contributed by atoms with Gasteiger partial charge in [-0.05, 0) is 24.7 Å². The Morgan fingerprint density at radius 2 is 2.10 bits per heavy atom. The molecule has 0 amide bonds. The Labute approximate surface area is 123 Å². The molecular weight excluding hydrogens is 276 g/mol. The summed E-state index contributed by atoms with van der Waals surface area (Å²) < 4.78 is 1.90. The molecule has 0 radical (unpaired) electrons. The van der Waals surface area contributed by atoms with Crippen molar-refractivity contribution in [2.75, 3.05) is 23.7 Å². The zero-order valence-corrected chi connectivity index (χ0v) is 13.1. The Morgan fingerprint density at radius 3 is 2.65 bits per heavy atom. The first-order valence-electron chi connectivity index (χ1n) is 7.00. The van der Waals surface area contributed by atoms with Gasteiger partial charge in [0.05, 0.1) is 5.75 Å². The molecule has 0 spiro atoms. The minimum atomic E-state index is -0.836. The second-order valence-corrected chi connectivity index (χ2v) is 6.35. The van der Waals surface area contributed by atoms with Crippen LogP contribution in [0, 0.1) is 5.41 Å². The lowest BCUT2D eigenvalue weighted by Gasteiger charge is -2.26. The van der Waals surface area contributed by atoms with E-state index in [-0.39, 0.29) is 5.75 Å². The van der Waals surface area contributed by atoms with Gasteiger partial charge in [0.15, 0.2) is 5.16 Å². The normalized spacial score (nSPS) is 17.6. The summed E-state index contributed by atoms with van der Waals surface area (Å²) in [6.07, 6.45) is 3.54. The van der Waals surface area contributed by atoms with E-state index in [2.05, 4.69) is 28.9 Å². The molecule has 1 aliphatic heterocycles. The number of hydrogen-bond acceptors (Lipinski definition) is 5. The minimum Gasteiger partial charge on any atom is -0.481 e. The topological polar surface area (TPSA) is 71.2 Å². The van der Waals surface area contributed by atoms with Crippen molar-refractivity contribution in [3.63, 3.8) is 0 Å². The van der Waals surface area contributed by atoms with Crippen LogP contribution in [0.2, 0.25) is 0 Å². The molecule has 0 saturated carbocycles. The van der Waals surface area contributed by atoms with Crippen molar-refractivity contribution in [3.8, 4) is 0 Å². The number of carboxylic acid groups (broad SMARTS) is 1. The third-order valence-electron chi connectivity index (χ3n) is 4.36. The molecule has 1 N–H and O–H groups in total. The largest absolute Gasteiger partial charge is 0.481 e. The van der Waals surface area contributed by atoms with Crippen molar-refractivity contribution >= 4 is 23.7 Å². The first-order valence-corrected chi connectivity index (χ1v) is 7.99. The third-order valence-corrected chi connectivity index (χ3v) is 5.36. The van der Waals surface area contributed by atoms with Crippen molar-refractivity contribution in [1.29, 1.82) is 0 Å². The highest BCUT2D eigenvalue weighted by Crippen LogP contribution is 2.38. The van der Waals surface area contributed by atoms with Crippen LogP contribution in [0.1, 0.15) is 33.1 Å². The molecule has 112 valence electrons. The summed E-state index contributed by atoms with van der Waals surface area (Å²) in [7, 11) is 1.90. The number of aliphatic carboxylic acids is 1. The van der Waals surface area contributed by atoms with E-state index < -0.39 is 5.97 Å². The predicted molar refractivity (Wildman–Crippen MR) is 79.2 cm³/mol. The van der Waals surface area contributed by atoms with Crippen LogP contribution in [-0.4, -0.2) is 44.7 Å². The van der Waals surface area contributed by atoms with Crippen LogP contribution in [-0.2, 0) is 11.8 Å². The van der Waals surface area contributed by atoms with Gasteiger partial charge in [-0.15, -0.1) is 10.2 Å². The van der Waals surface area contributed by atoms with Gasteiger partial charge >= 0.3 is 5.97 Å². The maximum Gasteiger partial charge on any atom is 0.313 e. The number of hydrogen-bond donors (Lipinski definition) is 1. The summed E-state index contributed by atoms with van der Waals surface area (Å²) in [6, 6.07) is 0. The summed E-state index contributed by atoms with van der Waals surface area (Å²) in [5.74, 6) is 0.0261. The molecule has 1 aromatic rings. The lowest BCUT2D eigenvalue weighted by Crippen LogP contribution is -2.28. The Hall–Kier alpha value is -1.24. The number of anilines is 1. The summed E-state index contributed by atoms with van der Waals surface area (Å²) in [6.45, 7) is 6.50. The number of carboxylic acids is 1. The Balaban J connectivity index is 2.09. The van der Waals surface area contributed by atoms with Gasteiger partial charge in [0, 0.05) is 20.1 Å². The highest BCUT2D eigenvalue weighted by atomic mass is 32.2. The molecule has 7 heteroatoms. The summed E-state index contributed by atoms with van der Waals surface area (Å²) in [4.78, 5) is 12.9. The van der Waals surface area contributed by atoms with Crippen LogP contribution >= 0.6 is 11.8 Å². The number of aromatic nitrogens is 3. The number of rotatable bonds is 6. The molecule has 20 heavy (non-hydrogen) atoms. The van der Waals surface area contributed by atoms with Crippen LogP contribution in [0.15, 0.2) is 5.16 Å². The van der Waals surface area contributed by atoms with Crippen molar-refractivity contribution in [3.05, 3.63) is 0 Å². The fraction of sp³-hybridized carbons (Fsp3) is 0.769. The van der Waals surface area contributed by atoms with Gasteiger partial charge in [-0.25, -0.2) is 0 Å². The molecular formula is C13H22N4O2S. The zero-order chi connectivity index (χ0) is 14.8. The van der Waals surface area contributed by atoms with Gasteiger partial charge in [-0.2, -0.15) is 0 Å². The van der Waals surface area contributed by atoms with Crippen molar-refractivity contribution in [2.24, 2.45) is 12.5 Å². The Morgan fingerprint density at radius 1 is 1.40 bits per heavy atom. The van der Waals surface area contributed by atoms with Crippen LogP contribution in [0.3, 0.4) is 0 Å². The summed E-state index contributed by atoms with van der Waals surface area (Å²) >= 11 is 1.21. The monoisotopic (exact) mass is 298 g/mol. The fourth-order valence-electron chi connectivity index (χ4n) is 2.77. The van der Waals surface area contributed by atoms with Crippen LogP contribution < -0.4 is 4.90 Å². The predicted octanol–water partition coefficient (Wildman–Crippen LogP) is 2.01. The van der Waals surface area contributed by atoms with Crippen LogP contribution in [0.25, 0.3) is 0 Å². The molecule has 0 aromatic carbocycles. The van der Waals surface area contributed by atoms with Crippen molar-refractivity contribution < 1.29 is 9.90 Å². The van der Waals surface area contributed by atoms with Gasteiger partial charge in [0.2, 0.25) is 5.95 Å². The Bertz CT molecular complexity index is 485. The van der Waals surface area contributed by atoms with Crippen LogP contribution in [0.4, 0.5) is 5.95 Å². The highest BCUT2D eigenvalue weighted by Gasteiger charge is 2.36. The van der Waals surface area contributed by atoms with E-state index in [4.69, 9.17) is 5.11 Å². The van der Waals surface area contributed by atoms with E-state index in [9.17, 15) is 4.79 Å². The number of nitrogens with zero attached hydrogens (tertiary/aromatic N) is 4. The second kappa shape index (κ2) is 6.03. The molecule has 1 fully saturated rings. The molecule has 2 rings (SSSR count). The van der Waals surface area contributed by atoms with Gasteiger partial charge in [0.25, 0.3) is 0 Å². The molecule has 0 unspecified atom stereocenters. The van der Waals surface area contributed by atoms with Gasteiger partial charge in [-0.3, -0.25) is 9.36 Å². The van der Waals surface area contributed by atoms with Crippen molar-refractivity contribution in [1.82, 2.24) is 14.8 Å². The maximum absolute atomic E-state index is 10.6. The molecule has 6 nitrogen and oxygen atoms in total. The zero-order valence-electron chi connectivity index (χ0n) is 12.3. The van der Waals surface area contributed by atoms with Crippen molar-refractivity contribution in [2.45, 2.75) is 38.3 Å². The van der Waals surface area contributed by atoms with E-state index in [1.165, 1.54) is 31.0 Å². The van der Waals surface area contributed by atoms with E-state index in [1.807, 2.05) is 11.6 Å². The Kier molecular flexibility index (Phi) is 4.57. The number of thioether (sulfide) groups is 1. The van der Waals surface area contributed by atoms with Gasteiger partial charge < -0.3 is 10.0 Å². The average molecular weight is 298 g/mol. The van der Waals surface area contributed by atoms with Crippen LogP contribution in [0.5, 0.6) is 0 Å². The molecule has 0 aliphatic carbocycles. The molecule has 0 atom stereocenters. The SMILES string of the molecule is CCC1(CC)CCN(c2nnc(SCC(=O)O)n2C)C1. The van der Waals surface area contributed by atoms with Gasteiger partial charge in [0.1, 0.15) is 0 Å². The molecule has 1 saturated heterocycles. The highest BCUT2D eigenvalue weighted by molar-refractivity contribution is 7.99. The molecule has 0 bridgehead atoms. The first-order chi connectivity index (χ1) is 9.51. The van der Waals surface area contributed by atoms with E-state index in [0.29, 0.717) is 10.6 Å². The first kappa shape index (κ1) is 15.2. The van der Waals surface area contributed by atoms with Gasteiger partial charge in [-0.1, -0.05) is 25.6 Å². The maximum atomic E-state index is 10.6. The van der Waals surface area contributed by atoms with E-state index >= 15 is 0 Å². The summed E-state index contributed by atoms with van der Waals surface area (Å²) in [5.41, 5.74) is 0.389. The third kappa shape index (κ3) is 2.92. The number of carbonyl (C=O) groups is 1. The quantitative estimate of drug-likeness (QED) is 0.810. The van der Waals surface area contributed by atoms with E-state index in [1.54, 1.807) is 0 Å². The standard InChI is InChI=1S/C13H22N4O2S/c1-4-13(5-2)6-7-17(9-13)11-14-15-12(16(11)3)20-8-10(18)19/h4-9H2,1-3H3,(H,18,19). The average Bonchev–Trinajstić information content (AvgIpc) is 3.01. The second-order valence-electron chi connectivity index (χ2n) is 5.40. The minimum absolute atomic E-state index is 0.0137. The molecule has 1 aliphatic rings. The molecule has 1 aromatic heterocycles.